The van der Waals surface area contributed by atoms with Crippen LogP contribution in [-0.4, -0.2) is 96.7 Å². The van der Waals surface area contributed by atoms with Gasteiger partial charge >= 0.3 is 39.5 Å². The van der Waals surface area contributed by atoms with Crippen LogP contribution in [0.25, 0.3) is 0 Å². The Hall–Kier alpha value is -1.94. The van der Waals surface area contributed by atoms with Gasteiger partial charge in [0.2, 0.25) is 0 Å². The number of hydrogen-bond donors (Lipinski definition) is 3. The van der Waals surface area contributed by atoms with Gasteiger partial charge in [-0.05, 0) is 31.6 Å². The third kappa shape index (κ3) is 74.7. The maximum atomic E-state index is 13.1. The van der Waals surface area contributed by atoms with Crippen LogP contribution in [0.5, 0.6) is 0 Å². The van der Waals surface area contributed by atoms with Crippen molar-refractivity contribution in [1.82, 2.24) is 0 Å². The smallest absolute Gasteiger partial charge is 0.462 e. The summed E-state index contributed by atoms with van der Waals surface area (Å²) < 4.78 is 68.8. The predicted molar refractivity (Wildman–Crippen MR) is 414 cm³/mol. The summed E-state index contributed by atoms with van der Waals surface area (Å²) >= 11 is 0. The molecule has 0 spiro atoms. The minimum absolute atomic E-state index is 0.108. The summed E-state index contributed by atoms with van der Waals surface area (Å²) in [6.07, 6.45) is 66.5. The third-order valence-corrected chi connectivity index (χ3v) is 21.5. The molecule has 0 radical (unpaired) electrons. The lowest BCUT2D eigenvalue weighted by atomic mass is 9.99. The molecule has 0 saturated heterocycles. The van der Waals surface area contributed by atoms with Gasteiger partial charge < -0.3 is 33.8 Å². The lowest BCUT2D eigenvalue weighted by Crippen LogP contribution is -2.30. The molecular formula is C82H160O17P2. The molecule has 17 nitrogen and oxygen atoms in total. The second-order valence-corrected chi connectivity index (χ2v) is 32.7. The molecule has 0 aliphatic heterocycles. The van der Waals surface area contributed by atoms with E-state index < -0.39 is 97.5 Å². The molecule has 0 aliphatic carbocycles. The Morgan fingerprint density at radius 3 is 0.703 bits per heavy atom. The number of phosphoric ester groups is 2. The Morgan fingerprint density at radius 2 is 0.475 bits per heavy atom. The first-order chi connectivity index (χ1) is 49.1. The molecule has 6 atom stereocenters. The number of esters is 4. The van der Waals surface area contributed by atoms with E-state index >= 15 is 0 Å². The molecule has 0 aromatic carbocycles. The highest BCUT2D eigenvalue weighted by Gasteiger charge is 2.30. The van der Waals surface area contributed by atoms with E-state index in [1.807, 2.05) is 0 Å². The maximum Gasteiger partial charge on any atom is 0.472 e. The maximum absolute atomic E-state index is 13.1. The fourth-order valence-corrected chi connectivity index (χ4v) is 14.3. The molecular weight excluding hydrogens is 1320 g/mol. The Labute approximate surface area is 619 Å². The number of aliphatic hydroxyl groups is 1. The van der Waals surface area contributed by atoms with E-state index in [0.29, 0.717) is 25.7 Å². The fourth-order valence-electron chi connectivity index (χ4n) is 12.7. The normalized spacial score (nSPS) is 14.1. The van der Waals surface area contributed by atoms with Gasteiger partial charge in [0.05, 0.1) is 26.4 Å². The van der Waals surface area contributed by atoms with Crippen LogP contribution in [0.3, 0.4) is 0 Å². The van der Waals surface area contributed by atoms with Crippen molar-refractivity contribution < 1.29 is 80.2 Å². The van der Waals surface area contributed by atoms with Crippen LogP contribution < -0.4 is 0 Å². The molecule has 0 rings (SSSR count). The van der Waals surface area contributed by atoms with Gasteiger partial charge in [-0.15, -0.1) is 0 Å². The summed E-state index contributed by atoms with van der Waals surface area (Å²) in [6.45, 7) is 7.37. The Morgan fingerprint density at radius 1 is 0.277 bits per heavy atom. The fraction of sp³-hybridized carbons (Fsp3) is 0.951. The summed E-state index contributed by atoms with van der Waals surface area (Å²) in [6, 6.07) is 0. The lowest BCUT2D eigenvalue weighted by molar-refractivity contribution is -0.161. The van der Waals surface area contributed by atoms with E-state index in [2.05, 4.69) is 34.6 Å². The van der Waals surface area contributed by atoms with Crippen LogP contribution in [0, 0.1) is 5.92 Å². The number of rotatable bonds is 82. The van der Waals surface area contributed by atoms with Crippen molar-refractivity contribution in [2.24, 2.45) is 5.92 Å². The van der Waals surface area contributed by atoms with Gasteiger partial charge in [-0.3, -0.25) is 37.3 Å². The molecule has 19 heteroatoms. The number of unbranched alkanes of at least 4 members (excludes halogenated alkanes) is 53. The zero-order valence-corrected chi connectivity index (χ0v) is 67.8. The second-order valence-electron chi connectivity index (χ2n) is 29.8. The summed E-state index contributed by atoms with van der Waals surface area (Å²) in [4.78, 5) is 73.1. The van der Waals surface area contributed by atoms with E-state index in [-0.39, 0.29) is 25.7 Å². The Balaban J connectivity index is 5.23. The van der Waals surface area contributed by atoms with E-state index in [9.17, 15) is 43.2 Å². The zero-order chi connectivity index (χ0) is 74.1. The topological polar surface area (TPSA) is 237 Å². The van der Waals surface area contributed by atoms with Gasteiger partial charge in [0, 0.05) is 25.7 Å². The highest BCUT2D eigenvalue weighted by Crippen LogP contribution is 2.45. The van der Waals surface area contributed by atoms with Gasteiger partial charge in [0.15, 0.2) is 12.2 Å². The average molecular weight is 1480 g/mol. The summed E-state index contributed by atoms with van der Waals surface area (Å²) in [7, 11) is -9.92. The van der Waals surface area contributed by atoms with E-state index in [0.717, 1.165) is 95.8 Å². The minimum atomic E-state index is -4.96. The molecule has 3 N–H and O–H groups in total. The van der Waals surface area contributed by atoms with Crippen LogP contribution in [0.1, 0.15) is 439 Å². The molecule has 0 saturated carbocycles. The van der Waals surface area contributed by atoms with E-state index in [1.54, 1.807) is 0 Å². The standard InChI is InChI=1S/C82H160O17P2/c1-6-10-13-16-19-22-25-28-29-30-31-32-33-34-35-38-41-48-53-58-63-68-82(87)99-78(72-93-80(85)66-61-56-51-46-43-42-44-49-54-59-64-75(5)9-4)74-97-101(90,91)95-70-76(83)69-94-100(88,89)96-73-77(98-81(86)67-62-57-52-47-40-37-27-24-21-18-15-12-8-3)71-92-79(84)65-60-55-50-45-39-36-26-23-20-17-14-11-7-2/h75-78,83H,6-74H2,1-5H3,(H,88,89)(H,90,91)/t75?,76-,77+,78+/m0/s1. The number of carbonyl (C=O) groups excluding carboxylic acids is 4. The van der Waals surface area contributed by atoms with Crippen molar-refractivity contribution in [2.45, 2.75) is 457 Å². The van der Waals surface area contributed by atoms with Crippen LogP contribution >= 0.6 is 15.6 Å². The molecule has 600 valence electrons. The molecule has 0 amide bonds. The summed E-state index contributed by atoms with van der Waals surface area (Å²) in [5.41, 5.74) is 0. The quantitative estimate of drug-likeness (QED) is 0.0222. The Bertz CT molecular complexity index is 1930. The van der Waals surface area contributed by atoms with Crippen molar-refractivity contribution >= 4 is 39.5 Å². The first kappa shape index (κ1) is 99.1. The molecule has 3 unspecified atom stereocenters. The van der Waals surface area contributed by atoms with Crippen molar-refractivity contribution in [3.63, 3.8) is 0 Å². The second kappa shape index (κ2) is 74.9. The van der Waals surface area contributed by atoms with Crippen molar-refractivity contribution in [1.29, 1.82) is 0 Å². The Kier molecular flexibility index (Phi) is 73.5. The third-order valence-electron chi connectivity index (χ3n) is 19.6. The zero-order valence-electron chi connectivity index (χ0n) is 66.1. The molecule has 0 fully saturated rings. The van der Waals surface area contributed by atoms with Crippen LogP contribution in [-0.2, 0) is 65.4 Å². The molecule has 101 heavy (non-hydrogen) atoms. The van der Waals surface area contributed by atoms with E-state index in [1.165, 1.54) is 263 Å². The van der Waals surface area contributed by atoms with Gasteiger partial charge in [-0.2, -0.15) is 0 Å². The number of hydrogen-bond acceptors (Lipinski definition) is 15. The van der Waals surface area contributed by atoms with Crippen molar-refractivity contribution in [3.05, 3.63) is 0 Å². The molecule has 0 aromatic heterocycles. The van der Waals surface area contributed by atoms with Crippen LogP contribution in [0.15, 0.2) is 0 Å². The summed E-state index contributed by atoms with van der Waals surface area (Å²) in [5.74, 6) is -1.29. The molecule has 0 aliphatic rings. The monoisotopic (exact) mass is 1480 g/mol. The number of aliphatic hydroxyl groups excluding tert-OH is 1. The van der Waals surface area contributed by atoms with Gasteiger partial charge in [-0.25, -0.2) is 9.13 Å². The van der Waals surface area contributed by atoms with Crippen LogP contribution in [0.4, 0.5) is 0 Å². The molecule has 0 aromatic rings. The number of carbonyl (C=O) groups is 4. The minimum Gasteiger partial charge on any atom is -0.462 e. The van der Waals surface area contributed by atoms with Crippen molar-refractivity contribution in [2.75, 3.05) is 39.6 Å². The highest BCUT2D eigenvalue weighted by atomic mass is 31.2. The summed E-state index contributed by atoms with van der Waals surface area (Å²) in [5, 5.41) is 10.7. The average Bonchev–Trinajstić information content (AvgIpc) is 0.945. The first-order valence-corrected chi connectivity index (χ1v) is 45.7. The lowest BCUT2D eigenvalue weighted by Gasteiger charge is -2.21. The molecule has 0 heterocycles. The molecule has 0 bridgehead atoms. The van der Waals surface area contributed by atoms with Gasteiger partial charge in [0.1, 0.15) is 19.3 Å². The number of phosphoric acid groups is 2. The van der Waals surface area contributed by atoms with Gasteiger partial charge in [-0.1, -0.05) is 388 Å². The predicted octanol–water partition coefficient (Wildman–Crippen LogP) is 24.8. The SMILES string of the molecule is CCCCCCCCCCCCCCCCCCCCCCCC(=O)O[C@H](COC(=O)CCCCCCCCCCCCC(C)CC)COP(=O)(O)OC[C@@H](O)COP(=O)(O)OC[C@@H](COC(=O)CCCCCCCCCCCCCCC)OC(=O)CCCCCCCCCCCCCCC. The van der Waals surface area contributed by atoms with Crippen LogP contribution in [0.2, 0.25) is 0 Å². The van der Waals surface area contributed by atoms with E-state index in [4.69, 9.17) is 37.0 Å². The largest absolute Gasteiger partial charge is 0.472 e. The van der Waals surface area contributed by atoms with Crippen molar-refractivity contribution in [3.8, 4) is 0 Å². The highest BCUT2D eigenvalue weighted by molar-refractivity contribution is 7.47. The number of ether oxygens (including phenoxy) is 4. The van der Waals surface area contributed by atoms with Gasteiger partial charge in [0.25, 0.3) is 0 Å². The first-order valence-electron chi connectivity index (χ1n) is 42.7.